The van der Waals surface area contributed by atoms with E-state index in [4.69, 9.17) is 21.6 Å². The van der Waals surface area contributed by atoms with Crippen molar-refractivity contribution in [3.63, 3.8) is 0 Å². The number of halogens is 2. The van der Waals surface area contributed by atoms with E-state index in [9.17, 15) is 0 Å². The predicted molar refractivity (Wildman–Crippen MR) is 81.7 cm³/mol. The first-order valence-corrected chi connectivity index (χ1v) is 7.30. The van der Waals surface area contributed by atoms with Gasteiger partial charge >= 0.3 is 0 Å². The van der Waals surface area contributed by atoms with Crippen LogP contribution in [0.5, 0.6) is 5.75 Å². The number of rotatable bonds is 4. The summed E-state index contributed by atoms with van der Waals surface area (Å²) in [5, 5.41) is 9.01. The number of nitrogens with zero attached hydrogens (tertiary/aromatic N) is 2. The van der Waals surface area contributed by atoms with Crippen LogP contribution in [0.3, 0.4) is 0 Å². The Labute approximate surface area is 131 Å². The van der Waals surface area contributed by atoms with Gasteiger partial charge in [-0.1, -0.05) is 22.0 Å². The topological polar surface area (TPSA) is 45.9 Å². The van der Waals surface area contributed by atoms with E-state index in [0.29, 0.717) is 18.2 Å². The van der Waals surface area contributed by atoms with Crippen LogP contribution in [0.4, 0.5) is 0 Å². The van der Waals surface area contributed by atoms with Gasteiger partial charge in [-0.3, -0.25) is 0 Å². The highest BCUT2D eigenvalue weighted by atomic mass is 79.9. The lowest BCUT2D eigenvalue weighted by molar-refractivity contribution is 0.301. The molecule has 102 valence electrons. The number of ether oxygens (including phenoxy) is 1. The molecule has 0 amide bonds. The van der Waals surface area contributed by atoms with Gasteiger partial charge in [-0.15, -0.1) is 11.6 Å². The maximum atomic E-state index is 9.01. The zero-order valence-corrected chi connectivity index (χ0v) is 13.2. The van der Waals surface area contributed by atoms with E-state index >= 15 is 0 Å². The van der Waals surface area contributed by atoms with Gasteiger partial charge in [0.2, 0.25) is 0 Å². The van der Waals surface area contributed by atoms with E-state index in [1.54, 1.807) is 12.3 Å². The predicted octanol–water partition coefficient (Wildman–Crippen LogP) is 4.34. The number of pyridine rings is 1. The molecule has 0 aliphatic carbocycles. The van der Waals surface area contributed by atoms with Crippen molar-refractivity contribution < 1.29 is 4.74 Å². The van der Waals surface area contributed by atoms with Gasteiger partial charge in [-0.05, 0) is 30.7 Å². The second-order valence-corrected chi connectivity index (χ2v) is 5.44. The Morgan fingerprint density at radius 2 is 2.20 bits per heavy atom. The summed E-state index contributed by atoms with van der Waals surface area (Å²) in [7, 11) is 0. The molecule has 0 spiro atoms. The van der Waals surface area contributed by atoms with E-state index in [-0.39, 0.29) is 0 Å². The molecule has 1 heterocycles. The first-order valence-electron chi connectivity index (χ1n) is 5.97. The molecule has 0 saturated heterocycles. The van der Waals surface area contributed by atoms with Gasteiger partial charge in [0.05, 0.1) is 5.88 Å². The van der Waals surface area contributed by atoms with Crippen LogP contribution < -0.4 is 4.74 Å². The van der Waals surface area contributed by atoms with E-state index in [1.807, 2.05) is 25.1 Å². The average Bonchev–Trinajstić information content (AvgIpc) is 2.45. The fourth-order valence-corrected chi connectivity index (χ4v) is 2.73. The van der Waals surface area contributed by atoms with Crippen molar-refractivity contribution in [3.05, 3.63) is 57.3 Å². The minimum Gasteiger partial charge on any atom is -0.488 e. The number of hydrogen-bond donors (Lipinski definition) is 0. The summed E-state index contributed by atoms with van der Waals surface area (Å²) < 4.78 is 6.82. The summed E-state index contributed by atoms with van der Waals surface area (Å²) >= 11 is 9.39. The van der Waals surface area contributed by atoms with Gasteiger partial charge in [-0.2, -0.15) is 5.26 Å². The molecule has 1 aromatic carbocycles. The first-order chi connectivity index (χ1) is 9.65. The fourth-order valence-electron chi connectivity index (χ4n) is 1.91. The summed E-state index contributed by atoms with van der Waals surface area (Å²) in [6, 6.07) is 9.59. The zero-order chi connectivity index (χ0) is 14.5. The SMILES string of the molecule is Cc1cc(Br)cc(CCl)c1OCc1cccnc1C#N. The molecule has 1 aromatic heterocycles. The summed E-state index contributed by atoms with van der Waals surface area (Å²) in [5.41, 5.74) is 3.06. The molecule has 0 fully saturated rings. The van der Waals surface area contributed by atoms with Crippen LogP contribution in [0.2, 0.25) is 0 Å². The van der Waals surface area contributed by atoms with Gasteiger partial charge in [0.1, 0.15) is 24.1 Å². The van der Waals surface area contributed by atoms with E-state index in [0.717, 1.165) is 26.9 Å². The lowest BCUT2D eigenvalue weighted by Crippen LogP contribution is -2.03. The molecule has 0 radical (unpaired) electrons. The summed E-state index contributed by atoms with van der Waals surface area (Å²) in [6.07, 6.45) is 1.59. The summed E-state index contributed by atoms with van der Waals surface area (Å²) in [6.45, 7) is 2.26. The van der Waals surface area contributed by atoms with Crippen LogP contribution in [0, 0.1) is 18.3 Å². The highest BCUT2D eigenvalue weighted by molar-refractivity contribution is 9.10. The van der Waals surface area contributed by atoms with E-state index < -0.39 is 0 Å². The minimum atomic E-state index is 0.295. The molecular formula is C15H12BrClN2O. The van der Waals surface area contributed by atoms with E-state index in [2.05, 4.69) is 27.0 Å². The number of aromatic nitrogens is 1. The molecule has 0 saturated carbocycles. The smallest absolute Gasteiger partial charge is 0.147 e. The Hall–Kier alpha value is -1.57. The van der Waals surface area contributed by atoms with Crippen molar-refractivity contribution in [2.75, 3.05) is 0 Å². The second kappa shape index (κ2) is 6.74. The molecule has 0 aliphatic rings. The van der Waals surface area contributed by atoms with Crippen LogP contribution in [-0.2, 0) is 12.5 Å². The number of nitriles is 1. The van der Waals surface area contributed by atoms with Crippen molar-refractivity contribution in [1.29, 1.82) is 5.26 Å². The van der Waals surface area contributed by atoms with Gasteiger partial charge in [0.15, 0.2) is 0 Å². The van der Waals surface area contributed by atoms with Crippen LogP contribution in [0.25, 0.3) is 0 Å². The Morgan fingerprint density at radius 3 is 2.90 bits per heavy atom. The van der Waals surface area contributed by atoms with Gasteiger partial charge < -0.3 is 4.74 Å². The number of benzene rings is 1. The first kappa shape index (κ1) is 14.8. The van der Waals surface area contributed by atoms with Gasteiger partial charge in [0.25, 0.3) is 0 Å². The van der Waals surface area contributed by atoms with Crippen molar-refractivity contribution in [1.82, 2.24) is 4.98 Å². The van der Waals surface area contributed by atoms with Crippen molar-refractivity contribution >= 4 is 27.5 Å². The number of hydrogen-bond acceptors (Lipinski definition) is 3. The lowest BCUT2D eigenvalue weighted by atomic mass is 10.1. The molecule has 0 bridgehead atoms. The molecule has 5 heteroatoms. The fraction of sp³-hybridized carbons (Fsp3) is 0.200. The molecule has 20 heavy (non-hydrogen) atoms. The number of aryl methyl sites for hydroxylation is 1. The van der Waals surface area contributed by atoms with E-state index in [1.165, 1.54) is 0 Å². The normalized spacial score (nSPS) is 10.1. The summed E-state index contributed by atoms with van der Waals surface area (Å²) in [4.78, 5) is 4.01. The molecule has 3 nitrogen and oxygen atoms in total. The standard InChI is InChI=1S/C15H12BrClN2O/c1-10-5-13(16)6-12(7-17)15(10)20-9-11-3-2-4-19-14(11)8-18/h2-6H,7,9H2,1H3. The molecule has 0 atom stereocenters. The maximum absolute atomic E-state index is 9.01. The van der Waals surface area contributed by atoms with Crippen molar-refractivity contribution in [2.45, 2.75) is 19.4 Å². The third-order valence-electron chi connectivity index (χ3n) is 2.83. The molecule has 2 aromatic rings. The van der Waals surface area contributed by atoms with Crippen LogP contribution in [0.1, 0.15) is 22.4 Å². The Morgan fingerprint density at radius 1 is 1.40 bits per heavy atom. The van der Waals surface area contributed by atoms with Crippen molar-refractivity contribution in [2.24, 2.45) is 0 Å². The molecule has 2 rings (SSSR count). The summed E-state index contributed by atoms with van der Waals surface area (Å²) in [5.74, 6) is 1.13. The number of alkyl halides is 1. The average molecular weight is 352 g/mol. The van der Waals surface area contributed by atoms with Gasteiger partial charge in [0, 0.05) is 21.8 Å². The molecule has 0 aliphatic heterocycles. The van der Waals surface area contributed by atoms with Crippen molar-refractivity contribution in [3.8, 4) is 11.8 Å². The van der Waals surface area contributed by atoms with Gasteiger partial charge in [-0.25, -0.2) is 4.98 Å². The minimum absolute atomic E-state index is 0.295. The zero-order valence-electron chi connectivity index (χ0n) is 10.9. The molecule has 0 unspecified atom stereocenters. The third-order valence-corrected chi connectivity index (χ3v) is 3.58. The maximum Gasteiger partial charge on any atom is 0.147 e. The molecular weight excluding hydrogens is 340 g/mol. The van der Waals surface area contributed by atoms with Crippen LogP contribution >= 0.6 is 27.5 Å². The highest BCUT2D eigenvalue weighted by Crippen LogP contribution is 2.30. The van der Waals surface area contributed by atoms with Crippen LogP contribution in [-0.4, -0.2) is 4.98 Å². The molecule has 0 N–H and O–H groups in total. The monoisotopic (exact) mass is 350 g/mol. The lowest BCUT2D eigenvalue weighted by Gasteiger charge is -2.14. The Balaban J connectivity index is 2.25. The largest absolute Gasteiger partial charge is 0.488 e. The second-order valence-electron chi connectivity index (χ2n) is 4.26. The van der Waals surface area contributed by atoms with Crippen LogP contribution in [0.15, 0.2) is 34.9 Å². The Bertz CT molecular complexity index is 667. The quantitative estimate of drug-likeness (QED) is 0.770. The Kier molecular flexibility index (Phi) is 4.99. The highest BCUT2D eigenvalue weighted by Gasteiger charge is 2.10. The third kappa shape index (κ3) is 3.30.